The minimum absolute atomic E-state index is 0.101. The van der Waals surface area contributed by atoms with E-state index in [1.807, 2.05) is 30.3 Å². The Labute approximate surface area is 179 Å². The number of furan rings is 1. The summed E-state index contributed by atoms with van der Waals surface area (Å²) in [6.07, 6.45) is 7.81. The first-order valence-corrected chi connectivity index (χ1v) is 11.1. The maximum absolute atomic E-state index is 12.6. The minimum atomic E-state index is -0.226. The van der Waals surface area contributed by atoms with E-state index in [1.165, 1.54) is 31.0 Å². The number of benzene rings is 1. The minimum Gasteiger partial charge on any atom is -0.443 e. The van der Waals surface area contributed by atoms with Crippen LogP contribution in [0.2, 0.25) is 0 Å². The van der Waals surface area contributed by atoms with Crippen molar-refractivity contribution in [3.05, 3.63) is 48.5 Å². The third-order valence-corrected chi connectivity index (χ3v) is 6.29. The third kappa shape index (κ3) is 4.12. The van der Waals surface area contributed by atoms with Gasteiger partial charge in [0.25, 0.3) is 0 Å². The normalized spacial score (nSPS) is 14.5. The molecular formula is C22H23N5O2S. The number of nitrogens with zero attached hydrogens (tertiary/aromatic N) is 4. The van der Waals surface area contributed by atoms with Gasteiger partial charge in [-0.2, -0.15) is 5.26 Å². The molecule has 1 aliphatic carbocycles. The molecule has 0 atom stereocenters. The van der Waals surface area contributed by atoms with E-state index in [-0.39, 0.29) is 17.4 Å². The first-order chi connectivity index (χ1) is 14.7. The second-order valence-corrected chi connectivity index (χ2v) is 8.27. The lowest BCUT2D eigenvalue weighted by molar-refractivity contribution is -0.113. The number of carbonyl (C=O) groups excluding carboxylic acids is 1. The molecule has 2 aromatic heterocycles. The molecule has 1 saturated carbocycles. The first-order valence-electron chi connectivity index (χ1n) is 10.1. The van der Waals surface area contributed by atoms with Crippen molar-refractivity contribution in [1.29, 1.82) is 5.26 Å². The zero-order chi connectivity index (χ0) is 20.9. The number of fused-ring (bicyclic) bond motifs is 1. The summed E-state index contributed by atoms with van der Waals surface area (Å²) in [4.78, 5) is 12.6. The van der Waals surface area contributed by atoms with Crippen molar-refractivity contribution in [3.8, 4) is 6.07 Å². The molecule has 154 valence electrons. The van der Waals surface area contributed by atoms with Crippen LogP contribution in [0.4, 0.5) is 5.69 Å². The van der Waals surface area contributed by atoms with Crippen molar-refractivity contribution < 1.29 is 9.21 Å². The van der Waals surface area contributed by atoms with Crippen LogP contribution < -0.4 is 5.32 Å². The molecular weight excluding hydrogens is 398 g/mol. The number of nitriles is 1. The zero-order valence-corrected chi connectivity index (χ0v) is 17.5. The van der Waals surface area contributed by atoms with E-state index in [1.54, 1.807) is 6.07 Å². The Hall–Kier alpha value is -3.05. The van der Waals surface area contributed by atoms with Gasteiger partial charge in [0.2, 0.25) is 11.7 Å². The smallest absolute Gasteiger partial charge is 0.234 e. The molecule has 8 heteroatoms. The van der Waals surface area contributed by atoms with Crippen LogP contribution in [-0.4, -0.2) is 26.4 Å². The Morgan fingerprint density at radius 1 is 1.33 bits per heavy atom. The van der Waals surface area contributed by atoms with Gasteiger partial charge in [0.15, 0.2) is 5.16 Å². The molecule has 3 aromatic rings. The lowest BCUT2D eigenvalue weighted by atomic mass is 9.89. The number of carbonyl (C=O) groups is 1. The van der Waals surface area contributed by atoms with Crippen LogP contribution >= 0.6 is 11.8 Å². The van der Waals surface area contributed by atoms with Crippen molar-refractivity contribution in [2.45, 2.75) is 49.7 Å². The second-order valence-electron chi connectivity index (χ2n) is 7.33. The van der Waals surface area contributed by atoms with E-state index in [2.05, 4.69) is 26.7 Å². The fraction of sp³-hybridized carbons (Fsp3) is 0.364. The molecule has 1 aromatic carbocycles. The van der Waals surface area contributed by atoms with Gasteiger partial charge in [-0.05, 0) is 25.0 Å². The van der Waals surface area contributed by atoms with Crippen LogP contribution in [0, 0.1) is 11.3 Å². The molecule has 2 heterocycles. The molecule has 1 fully saturated rings. The number of para-hydroxylation sites is 1. The van der Waals surface area contributed by atoms with Crippen molar-refractivity contribution in [3.63, 3.8) is 0 Å². The fourth-order valence-electron chi connectivity index (χ4n) is 3.92. The van der Waals surface area contributed by atoms with Gasteiger partial charge in [0.1, 0.15) is 23.2 Å². The Bertz CT molecular complexity index is 1100. The number of thioether (sulfide) groups is 1. The Kier molecular flexibility index (Phi) is 6.19. The molecule has 4 rings (SSSR count). The van der Waals surface area contributed by atoms with E-state index < -0.39 is 0 Å². The van der Waals surface area contributed by atoms with Crippen LogP contribution in [0.5, 0.6) is 0 Å². The van der Waals surface area contributed by atoms with Crippen LogP contribution in [0.1, 0.15) is 49.6 Å². The molecule has 0 unspecified atom stereocenters. The number of aromatic nitrogens is 3. The average molecular weight is 422 g/mol. The van der Waals surface area contributed by atoms with Crippen LogP contribution in [0.15, 0.2) is 46.5 Å². The summed E-state index contributed by atoms with van der Waals surface area (Å²) in [5, 5.41) is 22.3. The van der Waals surface area contributed by atoms with Gasteiger partial charge in [-0.15, -0.1) is 16.8 Å². The summed E-state index contributed by atoms with van der Waals surface area (Å²) in [5.74, 6) is 1.44. The summed E-state index contributed by atoms with van der Waals surface area (Å²) in [6.45, 7) is 4.47. The van der Waals surface area contributed by atoms with Gasteiger partial charge >= 0.3 is 0 Å². The van der Waals surface area contributed by atoms with Crippen molar-refractivity contribution >= 4 is 34.3 Å². The van der Waals surface area contributed by atoms with Crippen LogP contribution in [-0.2, 0) is 11.3 Å². The SMILES string of the molecule is C=CCn1c(SCC(=O)Nc2c(C#N)oc3ccccc23)nnc1C1CCCCC1. The fourth-order valence-corrected chi connectivity index (χ4v) is 4.68. The Morgan fingerprint density at radius 2 is 2.13 bits per heavy atom. The van der Waals surface area contributed by atoms with Gasteiger partial charge in [0.05, 0.1) is 5.75 Å². The second kappa shape index (κ2) is 9.18. The van der Waals surface area contributed by atoms with Crippen molar-refractivity contribution in [2.24, 2.45) is 0 Å². The maximum atomic E-state index is 12.6. The largest absolute Gasteiger partial charge is 0.443 e. The number of allylic oxidation sites excluding steroid dienone is 1. The van der Waals surface area contributed by atoms with E-state index in [0.29, 0.717) is 34.3 Å². The molecule has 7 nitrogen and oxygen atoms in total. The van der Waals surface area contributed by atoms with E-state index in [9.17, 15) is 10.1 Å². The number of hydrogen-bond donors (Lipinski definition) is 1. The van der Waals surface area contributed by atoms with Gasteiger partial charge in [-0.3, -0.25) is 4.79 Å². The predicted octanol–water partition coefficient (Wildman–Crippen LogP) is 4.86. The highest BCUT2D eigenvalue weighted by Crippen LogP contribution is 2.34. The standard InChI is InChI=1S/C22H23N5O2S/c1-2-12-27-21(15-8-4-3-5-9-15)25-26-22(27)30-14-19(28)24-20-16-10-6-7-11-17(16)29-18(20)13-23/h2,6-7,10-11,15H,1,3-5,8-9,12,14H2,(H,24,28). The van der Waals surface area contributed by atoms with Gasteiger partial charge in [-0.1, -0.05) is 49.2 Å². The summed E-state index contributed by atoms with van der Waals surface area (Å²) in [6, 6.07) is 9.26. The lowest BCUT2D eigenvalue weighted by Crippen LogP contribution is -2.16. The molecule has 0 spiro atoms. The van der Waals surface area contributed by atoms with E-state index in [4.69, 9.17) is 4.42 Å². The van der Waals surface area contributed by atoms with Crippen LogP contribution in [0.25, 0.3) is 11.0 Å². The Morgan fingerprint density at radius 3 is 2.90 bits per heavy atom. The predicted molar refractivity (Wildman–Crippen MR) is 116 cm³/mol. The van der Waals surface area contributed by atoms with Gasteiger partial charge in [-0.25, -0.2) is 0 Å². The Balaban J connectivity index is 1.47. The van der Waals surface area contributed by atoms with E-state index in [0.717, 1.165) is 18.7 Å². The molecule has 0 radical (unpaired) electrons. The summed E-state index contributed by atoms with van der Waals surface area (Å²) < 4.78 is 7.58. The zero-order valence-electron chi connectivity index (χ0n) is 16.6. The maximum Gasteiger partial charge on any atom is 0.234 e. The molecule has 0 saturated heterocycles. The average Bonchev–Trinajstić information content (AvgIpc) is 3.34. The monoisotopic (exact) mass is 421 g/mol. The van der Waals surface area contributed by atoms with Gasteiger partial charge in [0, 0.05) is 17.8 Å². The summed E-state index contributed by atoms with van der Waals surface area (Å²) >= 11 is 1.34. The highest BCUT2D eigenvalue weighted by molar-refractivity contribution is 7.99. The number of amides is 1. The van der Waals surface area contributed by atoms with Gasteiger partial charge < -0.3 is 14.3 Å². The van der Waals surface area contributed by atoms with E-state index >= 15 is 0 Å². The quantitative estimate of drug-likeness (QED) is 0.432. The highest BCUT2D eigenvalue weighted by Gasteiger charge is 2.23. The number of hydrogen-bond acceptors (Lipinski definition) is 6. The summed E-state index contributed by atoms with van der Waals surface area (Å²) in [7, 11) is 0. The first kappa shape index (κ1) is 20.2. The summed E-state index contributed by atoms with van der Waals surface area (Å²) in [5.41, 5.74) is 0.981. The molecule has 30 heavy (non-hydrogen) atoms. The number of anilines is 1. The van der Waals surface area contributed by atoms with Crippen molar-refractivity contribution in [1.82, 2.24) is 14.8 Å². The third-order valence-electron chi connectivity index (χ3n) is 5.32. The molecule has 0 aliphatic heterocycles. The topological polar surface area (TPSA) is 96.7 Å². The highest BCUT2D eigenvalue weighted by atomic mass is 32.2. The van der Waals surface area contributed by atoms with Crippen LogP contribution in [0.3, 0.4) is 0 Å². The molecule has 0 bridgehead atoms. The lowest BCUT2D eigenvalue weighted by Gasteiger charge is -2.21. The molecule has 1 aliphatic rings. The number of nitrogens with one attached hydrogen (secondary N) is 1. The van der Waals surface area contributed by atoms with Crippen molar-refractivity contribution in [2.75, 3.05) is 11.1 Å². The molecule has 1 N–H and O–H groups in total. The number of rotatable bonds is 7. The molecule has 1 amide bonds.